The third-order valence-corrected chi connectivity index (χ3v) is 6.98. The maximum Gasteiger partial charge on any atom is 0.260 e. The van der Waals surface area contributed by atoms with Gasteiger partial charge in [-0.3, -0.25) is 0 Å². The molecule has 42 heavy (non-hydrogen) atoms. The van der Waals surface area contributed by atoms with Crippen molar-refractivity contribution in [2.45, 2.75) is 52.4 Å². The van der Waals surface area contributed by atoms with Crippen molar-refractivity contribution in [3.8, 4) is 23.0 Å². The van der Waals surface area contributed by atoms with Gasteiger partial charge in [0.25, 0.3) is 6.71 Å². The summed E-state index contributed by atoms with van der Waals surface area (Å²) in [5, 5.41) is 0. The molecule has 0 bridgehead atoms. The Morgan fingerprint density at radius 3 is 1.36 bits per heavy atom. The summed E-state index contributed by atoms with van der Waals surface area (Å²) in [5.74, 6) is -1.78. The Kier molecular flexibility index (Phi) is 3.02. The zero-order valence-electron chi connectivity index (χ0n) is 41.8. The molecule has 0 N–H and O–H groups in total. The zero-order valence-corrected chi connectivity index (χ0v) is 23.8. The summed E-state index contributed by atoms with van der Waals surface area (Å²) in [6, 6.07) is -12.9. The Balaban J connectivity index is 1.73. The summed E-state index contributed by atoms with van der Waals surface area (Å²) in [5.41, 5.74) is -4.09. The average molecular weight is 568 g/mol. The molecular weight excluding hydrogens is 513 g/mol. The normalized spacial score (nSPS) is 19.3. The molecule has 5 aromatic carbocycles. The van der Waals surface area contributed by atoms with Crippen molar-refractivity contribution in [2.75, 3.05) is 4.90 Å². The summed E-state index contributed by atoms with van der Waals surface area (Å²) in [6.07, 6.45) is 0. The first-order valence-electron chi connectivity index (χ1n) is 22.4. The summed E-state index contributed by atoms with van der Waals surface area (Å²) in [7, 11) is 0. The van der Waals surface area contributed by atoms with Crippen LogP contribution in [0.15, 0.2) is 109 Å². The summed E-state index contributed by atoms with van der Waals surface area (Å²) < 4.78 is 174. The van der Waals surface area contributed by atoms with Crippen LogP contribution in [0.4, 0.5) is 17.1 Å². The second-order valence-corrected chi connectivity index (χ2v) is 12.1. The van der Waals surface area contributed by atoms with Gasteiger partial charge in [0.05, 0.1) is 30.4 Å². The van der Waals surface area contributed by atoms with E-state index in [1.807, 2.05) is 0 Å². The van der Waals surface area contributed by atoms with E-state index in [2.05, 4.69) is 0 Å². The highest BCUT2D eigenvalue weighted by Crippen LogP contribution is 2.43. The lowest BCUT2D eigenvalue weighted by Crippen LogP contribution is -2.57. The van der Waals surface area contributed by atoms with Crippen molar-refractivity contribution in [2.24, 2.45) is 0 Å². The number of hydrogen-bond donors (Lipinski definition) is 0. The molecule has 0 aromatic heterocycles. The molecule has 4 heteroatoms. The predicted octanol–water partition coefficient (Wildman–Crippen LogP) is 8.48. The molecular formula is C38H36BNO2. The molecule has 2 heterocycles. The van der Waals surface area contributed by atoms with Gasteiger partial charge in [0.15, 0.2) is 0 Å². The Labute approximate surface area is 275 Å². The fourth-order valence-electron chi connectivity index (χ4n) is 4.84. The van der Waals surface area contributed by atoms with E-state index >= 15 is 0 Å². The van der Waals surface area contributed by atoms with Gasteiger partial charge in [0.1, 0.15) is 23.0 Å². The Morgan fingerprint density at radius 2 is 0.952 bits per heavy atom. The third kappa shape index (κ3) is 4.46. The summed E-state index contributed by atoms with van der Waals surface area (Å²) in [6.45, 7) is 9.08. The van der Waals surface area contributed by atoms with Gasteiger partial charge in [0.2, 0.25) is 0 Å². The number of nitrogens with zero attached hydrogens (tertiary/aromatic N) is 1. The molecule has 2 aliphatic heterocycles. The van der Waals surface area contributed by atoms with E-state index in [9.17, 15) is 8.22 Å². The molecule has 0 saturated carbocycles. The van der Waals surface area contributed by atoms with Crippen LogP contribution in [-0.4, -0.2) is 6.71 Å². The van der Waals surface area contributed by atoms with Gasteiger partial charge in [-0.25, -0.2) is 0 Å². The van der Waals surface area contributed by atoms with Gasteiger partial charge in [-0.15, -0.1) is 0 Å². The van der Waals surface area contributed by atoms with E-state index in [-0.39, 0.29) is 63.2 Å². The lowest BCUT2D eigenvalue weighted by Gasteiger charge is -2.36. The molecule has 0 saturated heterocycles. The number of anilines is 3. The maximum atomic E-state index is 9.76. The highest BCUT2D eigenvalue weighted by atomic mass is 16.5. The molecule has 0 spiro atoms. The first kappa shape index (κ1) is 13.3. The maximum absolute atomic E-state index is 9.76. The molecule has 0 amide bonds. The van der Waals surface area contributed by atoms with Gasteiger partial charge >= 0.3 is 0 Å². The molecule has 0 unspecified atom stereocenters. The van der Waals surface area contributed by atoms with Gasteiger partial charge in [-0.05, 0) is 69.1 Å². The predicted molar refractivity (Wildman–Crippen MR) is 176 cm³/mol. The largest absolute Gasteiger partial charge is 0.458 e. The SMILES string of the molecule is [2H]c1c([2H])c([2H])c(N(c2c([2H])c([2H])c([2H])c([2H])c2[2H])c2c([2H])c3c4c(c2[2H])Oc2c([2H])c([2H])c(C(C)(C)C)c([2H])c2B4c2c([2H])c(C(C)(C)C)c([2H])c([2H])c2O3)c([2H])c1[2H]. The number of rotatable bonds is 3. The van der Waals surface area contributed by atoms with Crippen LogP contribution < -0.4 is 30.8 Å². The zero-order chi connectivity index (χ0) is 44.9. The standard InChI is InChI=1S/C38H36BNO2/c1-37(2,3)25-17-19-32-30(21-25)39-31-22-26(38(4,5)6)18-20-33(31)42-35-24-29(23-34(41-32)36(35)39)40(27-13-9-7-10-14-27)28-15-11-8-12-16-28/h7-24H,1-6H3/i7D,8D,9D,10D,11D,12D,13D,14D,15D,16D,17D,18D,19D,20D,21D,22D,23D,24D. The molecule has 0 aliphatic carbocycles. The van der Waals surface area contributed by atoms with Gasteiger partial charge in [0, 0.05) is 28.9 Å². The van der Waals surface area contributed by atoms with Crippen LogP contribution in [-0.2, 0) is 10.8 Å². The number of ether oxygens (including phenoxy) is 2. The van der Waals surface area contributed by atoms with Crippen molar-refractivity contribution in [3.63, 3.8) is 0 Å². The molecule has 5 aromatic rings. The van der Waals surface area contributed by atoms with E-state index in [1.165, 1.54) is 0 Å². The van der Waals surface area contributed by atoms with E-state index in [0.717, 1.165) is 0 Å². The summed E-state index contributed by atoms with van der Waals surface area (Å²) >= 11 is 0. The number of para-hydroxylation sites is 2. The topological polar surface area (TPSA) is 21.7 Å². The van der Waals surface area contributed by atoms with Crippen LogP contribution in [0.1, 0.15) is 77.3 Å². The van der Waals surface area contributed by atoms with Gasteiger partial charge in [-0.1, -0.05) is 102 Å². The monoisotopic (exact) mass is 567 g/mol. The highest BCUT2D eigenvalue weighted by molar-refractivity contribution is 6.98. The van der Waals surface area contributed by atoms with Crippen LogP contribution in [0.3, 0.4) is 0 Å². The van der Waals surface area contributed by atoms with Crippen LogP contribution in [0.5, 0.6) is 23.0 Å². The molecule has 2 aliphatic rings. The van der Waals surface area contributed by atoms with E-state index in [1.54, 1.807) is 41.5 Å². The second-order valence-electron chi connectivity index (χ2n) is 12.1. The smallest absolute Gasteiger partial charge is 0.260 e. The van der Waals surface area contributed by atoms with Crippen molar-refractivity contribution in [1.82, 2.24) is 0 Å². The third-order valence-electron chi connectivity index (χ3n) is 6.98. The van der Waals surface area contributed by atoms with Crippen molar-refractivity contribution >= 4 is 40.2 Å². The first-order valence-corrected chi connectivity index (χ1v) is 13.4. The van der Waals surface area contributed by atoms with Crippen molar-refractivity contribution in [3.05, 3.63) is 120 Å². The highest BCUT2D eigenvalue weighted by Gasteiger charge is 2.41. The van der Waals surface area contributed by atoms with Gasteiger partial charge < -0.3 is 14.4 Å². The second kappa shape index (κ2) is 9.56. The average Bonchev–Trinajstić information content (AvgIpc) is 3.16. The van der Waals surface area contributed by atoms with E-state index < -0.39 is 131 Å². The van der Waals surface area contributed by atoms with Crippen LogP contribution in [0.25, 0.3) is 0 Å². The minimum Gasteiger partial charge on any atom is -0.458 e. The summed E-state index contributed by atoms with van der Waals surface area (Å²) in [4.78, 5) is 0.612. The Hall–Kier alpha value is -4.44. The van der Waals surface area contributed by atoms with Crippen LogP contribution in [0, 0.1) is 0 Å². The fourth-order valence-corrected chi connectivity index (χ4v) is 4.84. The quantitative estimate of drug-likeness (QED) is 0.200. The molecule has 208 valence electrons. The molecule has 3 nitrogen and oxygen atoms in total. The first-order chi connectivity index (χ1) is 27.6. The lowest BCUT2D eigenvalue weighted by atomic mass is 9.34. The molecule has 0 atom stereocenters. The Morgan fingerprint density at radius 1 is 0.524 bits per heavy atom. The van der Waals surface area contributed by atoms with E-state index in [0.29, 0.717) is 4.90 Å². The van der Waals surface area contributed by atoms with Crippen molar-refractivity contribution < 1.29 is 34.1 Å². The molecule has 7 rings (SSSR count). The minimum atomic E-state index is -1.39. The number of benzene rings is 5. The van der Waals surface area contributed by atoms with Gasteiger partial charge in [-0.2, -0.15) is 0 Å². The Bertz CT molecular complexity index is 2560. The number of fused-ring (bicyclic) bond motifs is 4. The molecule has 0 radical (unpaired) electrons. The minimum absolute atomic E-state index is 0.0376. The molecule has 0 fully saturated rings. The number of hydrogen-bond acceptors (Lipinski definition) is 3. The fraction of sp³-hybridized carbons (Fsp3) is 0.211. The van der Waals surface area contributed by atoms with Crippen LogP contribution >= 0.6 is 0 Å². The van der Waals surface area contributed by atoms with E-state index in [4.69, 9.17) is 25.9 Å². The van der Waals surface area contributed by atoms with Crippen LogP contribution in [0.2, 0.25) is 0 Å². The van der Waals surface area contributed by atoms with Crippen molar-refractivity contribution in [1.29, 1.82) is 0 Å². The lowest BCUT2D eigenvalue weighted by molar-refractivity contribution is 0.464.